The molecule has 4 heteroatoms. The summed E-state index contributed by atoms with van der Waals surface area (Å²) in [4.78, 5) is 20.4. The molecule has 1 unspecified atom stereocenters. The molecule has 0 N–H and O–H groups in total. The zero-order valence-electron chi connectivity index (χ0n) is 13.9. The first kappa shape index (κ1) is 16.2. The van der Waals surface area contributed by atoms with Gasteiger partial charge in [-0.2, -0.15) is 0 Å². The lowest BCUT2D eigenvalue weighted by Crippen LogP contribution is -2.39. The molecule has 23 heavy (non-hydrogen) atoms. The van der Waals surface area contributed by atoms with Gasteiger partial charge in [0, 0.05) is 24.4 Å². The number of thiazole rings is 1. The minimum atomic E-state index is 0.259. The van der Waals surface area contributed by atoms with Gasteiger partial charge in [-0.05, 0) is 31.2 Å². The van der Waals surface area contributed by atoms with Crippen molar-refractivity contribution in [1.82, 2.24) is 9.88 Å². The van der Waals surface area contributed by atoms with Gasteiger partial charge in [-0.3, -0.25) is 4.79 Å². The van der Waals surface area contributed by atoms with Crippen molar-refractivity contribution in [3.05, 3.63) is 51.5 Å². The molecule has 0 spiro atoms. The molecule has 1 aromatic heterocycles. The van der Waals surface area contributed by atoms with Crippen molar-refractivity contribution in [2.45, 2.75) is 39.5 Å². The second-order valence-electron chi connectivity index (χ2n) is 6.54. The lowest BCUT2D eigenvalue weighted by Gasteiger charge is -2.30. The predicted molar refractivity (Wildman–Crippen MR) is 94.8 cm³/mol. The molecule has 122 valence electrons. The Morgan fingerprint density at radius 3 is 2.87 bits per heavy atom. The molecule has 3 rings (SSSR count). The number of aromatic nitrogens is 1. The fraction of sp³-hybridized carbons (Fsp3) is 0.474. The Labute approximate surface area is 142 Å². The maximum Gasteiger partial charge on any atom is 0.227 e. The van der Waals surface area contributed by atoms with Gasteiger partial charge in [-0.15, -0.1) is 11.3 Å². The molecule has 1 fully saturated rings. The van der Waals surface area contributed by atoms with Crippen LogP contribution in [0, 0.1) is 12.8 Å². The number of likely N-dealkylation sites (tertiary alicyclic amines) is 1. The summed E-state index contributed by atoms with van der Waals surface area (Å²) in [6, 6.07) is 10.4. The summed E-state index contributed by atoms with van der Waals surface area (Å²) in [6.07, 6.45) is 3.73. The second-order valence-corrected chi connectivity index (χ2v) is 7.71. The second kappa shape index (κ2) is 7.26. The number of hydrogen-bond donors (Lipinski definition) is 0. The van der Waals surface area contributed by atoms with Crippen molar-refractivity contribution in [3.8, 4) is 0 Å². The molecule has 1 saturated heterocycles. The van der Waals surface area contributed by atoms with Crippen LogP contribution in [0.5, 0.6) is 0 Å². The first-order valence-corrected chi connectivity index (χ1v) is 9.20. The first-order chi connectivity index (χ1) is 11.1. The number of carbonyl (C=O) groups excluding carboxylic acids is 1. The molecule has 1 atom stereocenters. The van der Waals surface area contributed by atoms with E-state index in [4.69, 9.17) is 0 Å². The maximum absolute atomic E-state index is 12.5. The first-order valence-electron chi connectivity index (χ1n) is 8.38. The summed E-state index contributed by atoms with van der Waals surface area (Å²) in [5.41, 5.74) is 2.28. The fourth-order valence-electron chi connectivity index (χ4n) is 3.16. The summed E-state index contributed by atoms with van der Waals surface area (Å²) < 4.78 is 0. The van der Waals surface area contributed by atoms with E-state index in [0.717, 1.165) is 41.5 Å². The van der Waals surface area contributed by atoms with E-state index in [1.807, 2.05) is 17.9 Å². The molecule has 1 aliphatic heterocycles. The van der Waals surface area contributed by atoms with Gasteiger partial charge in [-0.25, -0.2) is 4.98 Å². The van der Waals surface area contributed by atoms with E-state index < -0.39 is 0 Å². The maximum atomic E-state index is 12.5. The molecule has 3 nitrogen and oxygen atoms in total. The summed E-state index contributed by atoms with van der Waals surface area (Å²) in [5.74, 6) is 0.887. The largest absolute Gasteiger partial charge is 0.342 e. The number of benzene rings is 1. The Morgan fingerprint density at radius 1 is 1.35 bits per heavy atom. The van der Waals surface area contributed by atoms with Gasteiger partial charge < -0.3 is 4.90 Å². The van der Waals surface area contributed by atoms with Crippen LogP contribution < -0.4 is 0 Å². The van der Waals surface area contributed by atoms with Gasteiger partial charge >= 0.3 is 0 Å². The minimum Gasteiger partial charge on any atom is -0.342 e. The van der Waals surface area contributed by atoms with Crippen LogP contribution in [-0.2, 0) is 17.6 Å². The van der Waals surface area contributed by atoms with Crippen molar-refractivity contribution in [3.63, 3.8) is 0 Å². The highest BCUT2D eigenvalue weighted by molar-refractivity contribution is 7.11. The van der Waals surface area contributed by atoms with Crippen LogP contribution in [0.15, 0.2) is 30.3 Å². The predicted octanol–water partition coefficient (Wildman–Crippen LogP) is 3.84. The molecular weight excluding hydrogens is 304 g/mol. The SMILES string of the molecule is Cc1nc(Cc2ccccc2)sc1CC(=O)N1CCCC(C)C1. The average Bonchev–Trinajstić information content (AvgIpc) is 2.87. The average molecular weight is 328 g/mol. The standard InChI is InChI=1S/C19H24N2OS/c1-14-7-6-10-21(13-14)19(22)12-17-15(2)20-18(23-17)11-16-8-4-3-5-9-16/h3-5,8-9,14H,6-7,10-13H2,1-2H3. The molecule has 0 aliphatic carbocycles. The Hall–Kier alpha value is -1.68. The molecule has 1 aliphatic rings. The molecule has 1 amide bonds. The zero-order valence-corrected chi connectivity index (χ0v) is 14.7. The molecule has 1 aromatic carbocycles. The highest BCUT2D eigenvalue weighted by Crippen LogP contribution is 2.23. The Balaban J connectivity index is 1.65. The van der Waals surface area contributed by atoms with E-state index in [1.165, 1.54) is 12.0 Å². The minimum absolute atomic E-state index is 0.259. The van der Waals surface area contributed by atoms with Gasteiger partial charge in [0.15, 0.2) is 0 Å². The Kier molecular flexibility index (Phi) is 5.11. The third-order valence-corrected chi connectivity index (χ3v) is 5.61. The number of amides is 1. The highest BCUT2D eigenvalue weighted by Gasteiger charge is 2.22. The van der Waals surface area contributed by atoms with Crippen LogP contribution in [-0.4, -0.2) is 28.9 Å². The number of carbonyl (C=O) groups is 1. The van der Waals surface area contributed by atoms with Crippen molar-refractivity contribution in [2.75, 3.05) is 13.1 Å². The zero-order chi connectivity index (χ0) is 16.2. The number of nitrogens with zero attached hydrogens (tertiary/aromatic N) is 2. The van der Waals surface area contributed by atoms with E-state index in [9.17, 15) is 4.79 Å². The van der Waals surface area contributed by atoms with Crippen molar-refractivity contribution in [1.29, 1.82) is 0 Å². The van der Waals surface area contributed by atoms with E-state index >= 15 is 0 Å². The van der Waals surface area contributed by atoms with Crippen LogP contribution in [0.25, 0.3) is 0 Å². The molecule has 0 radical (unpaired) electrons. The third-order valence-electron chi connectivity index (χ3n) is 4.46. The molecule has 2 aromatic rings. The van der Waals surface area contributed by atoms with Crippen LogP contribution in [0.1, 0.15) is 40.9 Å². The van der Waals surface area contributed by atoms with Gasteiger partial charge in [-0.1, -0.05) is 37.3 Å². The normalized spacial score (nSPS) is 18.2. The van der Waals surface area contributed by atoms with Crippen molar-refractivity contribution >= 4 is 17.2 Å². The molecule has 0 bridgehead atoms. The highest BCUT2D eigenvalue weighted by atomic mass is 32.1. The van der Waals surface area contributed by atoms with Gasteiger partial charge in [0.25, 0.3) is 0 Å². The lowest BCUT2D eigenvalue weighted by atomic mass is 10.00. The number of aryl methyl sites for hydroxylation is 1. The molecule has 2 heterocycles. The van der Waals surface area contributed by atoms with Gasteiger partial charge in [0.1, 0.15) is 0 Å². The number of hydrogen-bond acceptors (Lipinski definition) is 3. The third kappa shape index (κ3) is 4.20. The summed E-state index contributed by atoms with van der Waals surface area (Å²) in [7, 11) is 0. The number of rotatable bonds is 4. The topological polar surface area (TPSA) is 33.2 Å². The van der Waals surface area contributed by atoms with Gasteiger partial charge in [0.05, 0.1) is 17.1 Å². The fourth-order valence-corrected chi connectivity index (χ4v) is 4.26. The van der Waals surface area contributed by atoms with E-state index in [2.05, 4.69) is 36.2 Å². The van der Waals surface area contributed by atoms with Crippen molar-refractivity contribution in [2.24, 2.45) is 5.92 Å². The summed E-state index contributed by atoms with van der Waals surface area (Å²) in [6.45, 7) is 6.08. The van der Waals surface area contributed by atoms with Crippen LogP contribution in [0.4, 0.5) is 0 Å². The number of piperidine rings is 1. The van der Waals surface area contributed by atoms with E-state index in [1.54, 1.807) is 11.3 Å². The smallest absolute Gasteiger partial charge is 0.227 e. The summed E-state index contributed by atoms with van der Waals surface area (Å²) >= 11 is 1.69. The Bertz CT molecular complexity index is 665. The van der Waals surface area contributed by atoms with Gasteiger partial charge in [0.2, 0.25) is 5.91 Å². The van der Waals surface area contributed by atoms with E-state index in [0.29, 0.717) is 12.3 Å². The molecule has 0 saturated carbocycles. The van der Waals surface area contributed by atoms with Crippen LogP contribution in [0.2, 0.25) is 0 Å². The van der Waals surface area contributed by atoms with Crippen LogP contribution >= 0.6 is 11.3 Å². The Morgan fingerprint density at radius 2 is 2.13 bits per heavy atom. The lowest BCUT2D eigenvalue weighted by molar-refractivity contribution is -0.132. The monoisotopic (exact) mass is 328 g/mol. The van der Waals surface area contributed by atoms with Crippen LogP contribution in [0.3, 0.4) is 0 Å². The quantitative estimate of drug-likeness (QED) is 0.854. The molecular formula is C19H24N2OS. The summed E-state index contributed by atoms with van der Waals surface area (Å²) in [5, 5.41) is 1.10. The van der Waals surface area contributed by atoms with Crippen molar-refractivity contribution < 1.29 is 4.79 Å². The van der Waals surface area contributed by atoms with E-state index in [-0.39, 0.29) is 5.91 Å².